The Balaban J connectivity index is 3.45. The smallest absolute Gasteiger partial charge is 0.222 e. The summed E-state index contributed by atoms with van der Waals surface area (Å²) in [4.78, 5) is 12.6. The summed E-state index contributed by atoms with van der Waals surface area (Å²) in [5.74, 6) is -0.273. The molecule has 0 aliphatic heterocycles. The highest BCUT2D eigenvalue weighted by molar-refractivity contribution is 5.76. The van der Waals surface area contributed by atoms with Crippen molar-refractivity contribution in [3.05, 3.63) is 0 Å². The van der Waals surface area contributed by atoms with Crippen molar-refractivity contribution >= 4 is 5.91 Å². The van der Waals surface area contributed by atoms with Crippen LogP contribution in [-0.4, -0.2) is 46.1 Å². The lowest BCUT2D eigenvalue weighted by Gasteiger charge is -2.23. The molecule has 0 rings (SSSR count). The Bertz CT molecular complexity index is 929. The van der Waals surface area contributed by atoms with Gasteiger partial charge in [-0.3, -0.25) is 4.79 Å². The zero-order valence-electron chi connectivity index (χ0n) is 46.8. The lowest BCUT2D eigenvalue weighted by atomic mass is 10.0. The number of carbonyl (C=O) groups is 1. The molecule has 0 radical (unpaired) electrons. The fraction of sp³-hybridized carbons (Fsp3) is 0.984. The summed E-state index contributed by atoms with van der Waals surface area (Å²) in [5, 5.41) is 33.8. The Morgan fingerprint density at radius 2 is 0.500 bits per heavy atom. The molecule has 0 aromatic carbocycles. The van der Waals surface area contributed by atoms with Crippen molar-refractivity contribution in [1.29, 1.82) is 0 Å². The monoisotopic (exact) mass is 962 g/mol. The number of unbranched alkanes of at least 4 members (excludes halogenated alkanes) is 51. The maximum atomic E-state index is 12.6. The van der Waals surface area contributed by atoms with Gasteiger partial charge in [-0.05, 0) is 12.8 Å². The first-order valence-electron chi connectivity index (χ1n) is 31.8. The quantitative estimate of drug-likeness (QED) is 0.0457. The fourth-order valence-electron chi connectivity index (χ4n) is 10.6. The molecule has 0 aromatic heterocycles. The SMILES string of the molecule is CCCCCCCCCCCCCCCCCCCCCCCCCCCCCCC(O)CC(=O)NC(CO)C(O)CCCCCCCCCCCCCCCCCCCCCCCCCCC. The molecule has 0 aliphatic rings. The average molecular weight is 963 g/mol. The van der Waals surface area contributed by atoms with Crippen LogP contribution in [0.25, 0.3) is 0 Å². The molecule has 68 heavy (non-hydrogen) atoms. The van der Waals surface area contributed by atoms with Crippen LogP contribution in [0.2, 0.25) is 0 Å². The summed E-state index contributed by atoms with van der Waals surface area (Å²) in [7, 11) is 0. The second-order valence-corrected chi connectivity index (χ2v) is 22.4. The number of carbonyl (C=O) groups excluding carboxylic acids is 1. The summed E-state index contributed by atoms with van der Waals surface area (Å²) in [5.41, 5.74) is 0. The van der Waals surface area contributed by atoms with Gasteiger partial charge in [0.05, 0.1) is 31.3 Å². The standard InChI is InChI=1S/C63H127NO4/c1-3-5-7-9-11-13-15-17-19-21-23-25-27-29-30-31-33-34-36-38-40-42-44-46-48-50-52-54-56-60(66)58-63(68)64-61(59-65)62(67)57-55-53-51-49-47-45-43-41-39-37-35-32-28-26-24-22-20-18-16-14-12-10-8-6-4-2/h60-62,65-67H,3-59H2,1-2H3,(H,64,68). The zero-order chi connectivity index (χ0) is 49.3. The first-order chi connectivity index (χ1) is 33.5. The Kier molecular flexibility index (Phi) is 58.4. The molecular weight excluding hydrogens is 835 g/mol. The number of nitrogens with one attached hydrogen (secondary N) is 1. The summed E-state index contributed by atoms with van der Waals surface area (Å²) in [6.45, 7) is 4.32. The van der Waals surface area contributed by atoms with E-state index in [1.807, 2.05) is 0 Å². The minimum atomic E-state index is -0.746. The molecule has 0 bridgehead atoms. The lowest BCUT2D eigenvalue weighted by molar-refractivity contribution is -0.125. The number of hydrogen-bond donors (Lipinski definition) is 4. The van der Waals surface area contributed by atoms with Crippen LogP contribution >= 0.6 is 0 Å². The van der Waals surface area contributed by atoms with E-state index in [-0.39, 0.29) is 18.9 Å². The van der Waals surface area contributed by atoms with E-state index in [1.54, 1.807) is 0 Å². The molecule has 408 valence electrons. The van der Waals surface area contributed by atoms with Gasteiger partial charge in [-0.25, -0.2) is 0 Å². The van der Waals surface area contributed by atoms with Gasteiger partial charge in [0.25, 0.3) is 0 Å². The van der Waals surface area contributed by atoms with Gasteiger partial charge in [-0.15, -0.1) is 0 Å². The highest BCUT2D eigenvalue weighted by Gasteiger charge is 2.21. The zero-order valence-corrected chi connectivity index (χ0v) is 46.8. The number of aliphatic hydroxyl groups is 3. The third-order valence-corrected chi connectivity index (χ3v) is 15.4. The van der Waals surface area contributed by atoms with Crippen molar-refractivity contribution in [1.82, 2.24) is 5.32 Å². The van der Waals surface area contributed by atoms with E-state index in [4.69, 9.17) is 0 Å². The van der Waals surface area contributed by atoms with Crippen molar-refractivity contribution < 1.29 is 20.1 Å². The Morgan fingerprint density at radius 1 is 0.309 bits per heavy atom. The van der Waals surface area contributed by atoms with Crippen molar-refractivity contribution in [2.75, 3.05) is 6.61 Å². The maximum Gasteiger partial charge on any atom is 0.222 e. The Morgan fingerprint density at radius 3 is 0.706 bits per heavy atom. The third-order valence-electron chi connectivity index (χ3n) is 15.4. The molecule has 3 unspecified atom stereocenters. The van der Waals surface area contributed by atoms with Crippen LogP contribution in [0.5, 0.6) is 0 Å². The van der Waals surface area contributed by atoms with E-state index in [2.05, 4.69) is 19.2 Å². The molecular formula is C63H127NO4. The predicted molar refractivity (Wildman–Crippen MR) is 301 cm³/mol. The van der Waals surface area contributed by atoms with Gasteiger partial charge in [-0.2, -0.15) is 0 Å². The van der Waals surface area contributed by atoms with Gasteiger partial charge >= 0.3 is 0 Å². The summed E-state index contributed by atoms with van der Waals surface area (Å²) in [6, 6.07) is -0.655. The Labute approximate surface area is 427 Å². The minimum absolute atomic E-state index is 0.0439. The van der Waals surface area contributed by atoms with Gasteiger partial charge in [0.15, 0.2) is 0 Å². The number of amides is 1. The van der Waals surface area contributed by atoms with Crippen LogP contribution in [0.15, 0.2) is 0 Å². The second-order valence-electron chi connectivity index (χ2n) is 22.4. The first kappa shape index (κ1) is 67.3. The Hall–Kier alpha value is -0.650. The van der Waals surface area contributed by atoms with Crippen LogP contribution < -0.4 is 5.32 Å². The molecule has 1 amide bonds. The molecule has 0 spiro atoms. The van der Waals surface area contributed by atoms with Crippen molar-refractivity contribution in [3.8, 4) is 0 Å². The van der Waals surface area contributed by atoms with E-state index in [0.717, 1.165) is 25.7 Å². The highest BCUT2D eigenvalue weighted by Crippen LogP contribution is 2.19. The van der Waals surface area contributed by atoms with Crippen LogP contribution in [0.4, 0.5) is 0 Å². The normalized spacial score (nSPS) is 13.1. The van der Waals surface area contributed by atoms with Crippen molar-refractivity contribution in [2.45, 2.75) is 392 Å². The van der Waals surface area contributed by atoms with E-state index in [1.165, 1.54) is 315 Å². The molecule has 5 nitrogen and oxygen atoms in total. The average Bonchev–Trinajstić information content (AvgIpc) is 3.33. The molecule has 0 saturated heterocycles. The summed E-state index contributed by atoms with van der Waals surface area (Å²) in [6.07, 6.45) is 72.9. The summed E-state index contributed by atoms with van der Waals surface area (Å²) < 4.78 is 0. The second kappa shape index (κ2) is 58.9. The van der Waals surface area contributed by atoms with Gasteiger partial charge < -0.3 is 20.6 Å². The molecule has 0 aromatic rings. The minimum Gasteiger partial charge on any atom is -0.394 e. The molecule has 0 heterocycles. The maximum absolute atomic E-state index is 12.6. The number of hydrogen-bond acceptors (Lipinski definition) is 4. The van der Waals surface area contributed by atoms with Crippen LogP contribution in [0.1, 0.15) is 373 Å². The largest absolute Gasteiger partial charge is 0.394 e. The molecule has 0 saturated carbocycles. The van der Waals surface area contributed by atoms with Gasteiger partial charge in [0, 0.05) is 0 Å². The van der Waals surface area contributed by atoms with E-state index < -0.39 is 18.2 Å². The molecule has 0 aliphatic carbocycles. The molecule has 0 fully saturated rings. The van der Waals surface area contributed by atoms with Gasteiger partial charge in [0.2, 0.25) is 5.91 Å². The molecule has 4 N–H and O–H groups in total. The van der Waals surface area contributed by atoms with Gasteiger partial charge in [0.1, 0.15) is 0 Å². The van der Waals surface area contributed by atoms with Crippen LogP contribution in [0.3, 0.4) is 0 Å². The predicted octanol–water partition coefficient (Wildman–Crippen LogP) is 20.1. The first-order valence-corrected chi connectivity index (χ1v) is 31.8. The third kappa shape index (κ3) is 54.7. The van der Waals surface area contributed by atoms with Crippen molar-refractivity contribution in [2.24, 2.45) is 0 Å². The molecule has 3 atom stereocenters. The van der Waals surface area contributed by atoms with Gasteiger partial charge in [-0.1, -0.05) is 354 Å². The van der Waals surface area contributed by atoms with Crippen LogP contribution in [0, 0.1) is 0 Å². The fourth-order valence-corrected chi connectivity index (χ4v) is 10.6. The summed E-state index contributed by atoms with van der Waals surface area (Å²) >= 11 is 0. The van der Waals surface area contributed by atoms with E-state index in [9.17, 15) is 20.1 Å². The topological polar surface area (TPSA) is 89.8 Å². The molecule has 5 heteroatoms. The van der Waals surface area contributed by atoms with E-state index in [0.29, 0.717) is 12.8 Å². The van der Waals surface area contributed by atoms with Crippen LogP contribution in [-0.2, 0) is 4.79 Å². The van der Waals surface area contributed by atoms with Crippen molar-refractivity contribution in [3.63, 3.8) is 0 Å². The highest BCUT2D eigenvalue weighted by atomic mass is 16.3. The number of rotatable bonds is 60. The number of aliphatic hydroxyl groups excluding tert-OH is 3. The van der Waals surface area contributed by atoms with E-state index >= 15 is 0 Å². The lowest BCUT2D eigenvalue weighted by Crippen LogP contribution is -2.46.